The summed E-state index contributed by atoms with van der Waals surface area (Å²) in [5.74, 6) is 0.517. The van der Waals surface area contributed by atoms with E-state index in [1.165, 1.54) is 5.56 Å². The molecule has 0 atom stereocenters. The molecule has 0 aliphatic rings. The molecule has 1 amide bonds. The van der Waals surface area contributed by atoms with Gasteiger partial charge >= 0.3 is 0 Å². The van der Waals surface area contributed by atoms with E-state index in [0.717, 1.165) is 0 Å². The van der Waals surface area contributed by atoms with Gasteiger partial charge < -0.3 is 20.7 Å². The molecule has 0 unspecified atom stereocenters. The highest BCUT2D eigenvalue weighted by Gasteiger charge is 2.03. The number of carbonyl (C=O) groups is 1. The number of rotatable bonds is 7. The second kappa shape index (κ2) is 9.35. The normalized spacial score (nSPS) is 11.2. The van der Waals surface area contributed by atoms with Gasteiger partial charge in [0.1, 0.15) is 0 Å². The number of methoxy groups -OCH3 is 1. The molecule has 1 heterocycles. The number of carbonyl (C=O) groups excluding carboxylic acids is 1. The Bertz CT molecular complexity index is 392. The van der Waals surface area contributed by atoms with Crippen molar-refractivity contribution in [2.45, 2.75) is 6.54 Å². The summed E-state index contributed by atoms with van der Waals surface area (Å²) in [5.41, 5.74) is 1.19. The first-order chi connectivity index (χ1) is 9.26. The Morgan fingerprint density at radius 1 is 1.42 bits per heavy atom. The number of aliphatic imine (C=N–C) groups is 1. The van der Waals surface area contributed by atoms with Gasteiger partial charge in [0.25, 0.3) is 0 Å². The number of guanidine groups is 1. The predicted molar refractivity (Wildman–Crippen MR) is 77.4 cm³/mol. The van der Waals surface area contributed by atoms with Gasteiger partial charge in [0.05, 0.1) is 13.2 Å². The molecule has 7 heteroatoms. The van der Waals surface area contributed by atoms with Gasteiger partial charge in [0.2, 0.25) is 5.91 Å². The van der Waals surface area contributed by atoms with Crippen LogP contribution in [0.3, 0.4) is 0 Å². The smallest absolute Gasteiger partial charge is 0.239 e. The van der Waals surface area contributed by atoms with E-state index in [1.807, 2.05) is 11.4 Å². The van der Waals surface area contributed by atoms with Gasteiger partial charge in [-0.1, -0.05) is 0 Å². The third-order valence-corrected chi connectivity index (χ3v) is 3.04. The van der Waals surface area contributed by atoms with Crippen molar-refractivity contribution in [2.75, 3.05) is 33.9 Å². The highest BCUT2D eigenvalue weighted by molar-refractivity contribution is 7.07. The molecule has 0 fully saturated rings. The highest BCUT2D eigenvalue weighted by atomic mass is 32.1. The van der Waals surface area contributed by atoms with Crippen molar-refractivity contribution in [3.63, 3.8) is 0 Å². The van der Waals surface area contributed by atoms with Crippen molar-refractivity contribution in [3.8, 4) is 0 Å². The van der Waals surface area contributed by atoms with E-state index in [9.17, 15) is 4.79 Å². The molecule has 0 spiro atoms. The number of nitrogens with one attached hydrogen (secondary N) is 3. The van der Waals surface area contributed by atoms with Crippen LogP contribution in [0.5, 0.6) is 0 Å². The molecule has 1 rings (SSSR count). The number of ether oxygens (including phenoxy) is 1. The Morgan fingerprint density at radius 3 is 2.89 bits per heavy atom. The van der Waals surface area contributed by atoms with Crippen LogP contribution >= 0.6 is 11.3 Å². The van der Waals surface area contributed by atoms with Crippen LogP contribution in [0.25, 0.3) is 0 Å². The van der Waals surface area contributed by atoms with Gasteiger partial charge in [-0.05, 0) is 22.4 Å². The zero-order valence-corrected chi connectivity index (χ0v) is 12.0. The zero-order chi connectivity index (χ0) is 13.9. The van der Waals surface area contributed by atoms with Crippen LogP contribution in [0.1, 0.15) is 5.56 Å². The van der Waals surface area contributed by atoms with E-state index in [4.69, 9.17) is 4.74 Å². The SMILES string of the molecule is CN=C(NCC(=O)NCCOC)NCc1ccsc1. The zero-order valence-electron chi connectivity index (χ0n) is 11.2. The molecule has 0 aliphatic carbocycles. The first-order valence-electron chi connectivity index (χ1n) is 5.97. The standard InChI is InChI=1S/C12H20N4O2S/c1-13-12(15-7-10-3-6-19-9-10)16-8-11(17)14-4-5-18-2/h3,6,9H,4-5,7-8H2,1-2H3,(H,14,17)(H2,13,15,16). The lowest BCUT2D eigenvalue weighted by atomic mass is 10.3. The van der Waals surface area contributed by atoms with Gasteiger partial charge in [0, 0.05) is 27.2 Å². The summed E-state index contributed by atoms with van der Waals surface area (Å²) in [6, 6.07) is 2.04. The molecule has 0 aromatic carbocycles. The maximum atomic E-state index is 11.5. The Morgan fingerprint density at radius 2 is 2.26 bits per heavy atom. The largest absolute Gasteiger partial charge is 0.383 e. The second-order valence-corrected chi connectivity index (χ2v) is 4.53. The second-order valence-electron chi connectivity index (χ2n) is 3.75. The minimum atomic E-state index is -0.0875. The van der Waals surface area contributed by atoms with Crippen molar-refractivity contribution in [3.05, 3.63) is 22.4 Å². The fraction of sp³-hybridized carbons (Fsp3) is 0.500. The fourth-order valence-electron chi connectivity index (χ4n) is 1.32. The summed E-state index contributed by atoms with van der Waals surface area (Å²) in [6.07, 6.45) is 0. The molecule has 0 bridgehead atoms. The maximum absolute atomic E-state index is 11.5. The van der Waals surface area contributed by atoms with Crippen LogP contribution in [-0.4, -0.2) is 45.7 Å². The number of amides is 1. The number of hydrogen-bond donors (Lipinski definition) is 3. The van der Waals surface area contributed by atoms with Crippen LogP contribution in [0, 0.1) is 0 Å². The van der Waals surface area contributed by atoms with Crippen molar-refractivity contribution < 1.29 is 9.53 Å². The summed E-state index contributed by atoms with van der Waals surface area (Å²) in [5, 5.41) is 12.9. The summed E-state index contributed by atoms with van der Waals surface area (Å²) in [6.45, 7) is 1.90. The number of hydrogen-bond acceptors (Lipinski definition) is 4. The molecule has 0 radical (unpaired) electrons. The third kappa shape index (κ3) is 6.78. The summed E-state index contributed by atoms with van der Waals surface area (Å²) in [7, 11) is 3.27. The molecule has 1 aromatic rings. The molecule has 3 N–H and O–H groups in total. The van der Waals surface area contributed by atoms with Crippen molar-refractivity contribution >= 4 is 23.2 Å². The van der Waals surface area contributed by atoms with Gasteiger partial charge in [-0.25, -0.2) is 0 Å². The van der Waals surface area contributed by atoms with E-state index in [0.29, 0.717) is 25.7 Å². The number of nitrogens with zero attached hydrogens (tertiary/aromatic N) is 1. The van der Waals surface area contributed by atoms with Gasteiger partial charge in [0.15, 0.2) is 5.96 Å². The first kappa shape index (κ1) is 15.5. The molecule has 1 aromatic heterocycles. The van der Waals surface area contributed by atoms with Crippen LogP contribution < -0.4 is 16.0 Å². The summed E-state index contributed by atoms with van der Waals surface area (Å²) >= 11 is 1.65. The fourth-order valence-corrected chi connectivity index (χ4v) is 1.99. The lowest BCUT2D eigenvalue weighted by molar-refractivity contribution is -0.120. The Hall–Kier alpha value is -1.60. The highest BCUT2D eigenvalue weighted by Crippen LogP contribution is 2.04. The minimum absolute atomic E-state index is 0.0875. The van der Waals surface area contributed by atoms with Gasteiger partial charge in [-0.3, -0.25) is 9.79 Å². The Kier molecular flexibility index (Phi) is 7.60. The lowest BCUT2D eigenvalue weighted by Crippen LogP contribution is -2.43. The van der Waals surface area contributed by atoms with Crippen molar-refractivity contribution in [2.24, 2.45) is 4.99 Å². The lowest BCUT2D eigenvalue weighted by Gasteiger charge is -2.11. The average molecular weight is 284 g/mol. The Balaban J connectivity index is 2.19. The van der Waals surface area contributed by atoms with Crippen LogP contribution in [-0.2, 0) is 16.1 Å². The van der Waals surface area contributed by atoms with Gasteiger partial charge in [-0.15, -0.1) is 0 Å². The van der Waals surface area contributed by atoms with E-state index >= 15 is 0 Å². The molecule has 0 saturated carbocycles. The quantitative estimate of drug-likeness (QED) is 0.379. The summed E-state index contributed by atoms with van der Waals surface area (Å²) in [4.78, 5) is 15.5. The number of thiophene rings is 1. The van der Waals surface area contributed by atoms with E-state index in [1.54, 1.807) is 25.5 Å². The topological polar surface area (TPSA) is 74.8 Å². The first-order valence-corrected chi connectivity index (χ1v) is 6.91. The maximum Gasteiger partial charge on any atom is 0.239 e. The molecule has 0 aliphatic heterocycles. The Labute approximate surface area is 117 Å². The van der Waals surface area contributed by atoms with Crippen LogP contribution in [0.2, 0.25) is 0 Å². The van der Waals surface area contributed by atoms with Crippen LogP contribution in [0.4, 0.5) is 0 Å². The molecule has 106 valence electrons. The molecular weight excluding hydrogens is 264 g/mol. The molecular formula is C12H20N4O2S. The van der Waals surface area contributed by atoms with Crippen molar-refractivity contribution in [1.29, 1.82) is 0 Å². The third-order valence-electron chi connectivity index (χ3n) is 2.31. The van der Waals surface area contributed by atoms with E-state index in [2.05, 4.69) is 26.3 Å². The molecule has 19 heavy (non-hydrogen) atoms. The summed E-state index contributed by atoms with van der Waals surface area (Å²) < 4.78 is 4.85. The average Bonchev–Trinajstić information content (AvgIpc) is 2.92. The van der Waals surface area contributed by atoms with Gasteiger partial charge in [-0.2, -0.15) is 11.3 Å². The van der Waals surface area contributed by atoms with E-state index in [-0.39, 0.29) is 12.5 Å². The monoisotopic (exact) mass is 284 g/mol. The molecule has 0 saturated heterocycles. The van der Waals surface area contributed by atoms with Crippen molar-refractivity contribution in [1.82, 2.24) is 16.0 Å². The molecule has 6 nitrogen and oxygen atoms in total. The van der Waals surface area contributed by atoms with Crippen LogP contribution in [0.15, 0.2) is 21.8 Å². The minimum Gasteiger partial charge on any atom is -0.383 e. The van der Waals surface area contributed by atoms with E-state index < -0.39 is 0 Å². The predicted octanol–water partition coefficient (Wildman–Crippen LogP) is 0.176.